The number of phenols is 1. The second-order valence-electron chi connectivity index (χ2n) is 7.56. The van der Waals surface area contributed by atoms with Crippen molar-refractivity contribution in [2.45, 2.75) is 9.79 Å². The Balaban J connectivity index is 1.93. The number of nitrogens with zero attached hydrogens (tertiary/aromatic N) is 2. The largest absolute Gasteiger partial charge is 0.506 e. The third-order valence-electron chi connectivity index (χ3n) is 5.37. The predicted octanol–water partition coefficient (Wildman–Crippen LogP) is 3.15. The molecule has 2 aliphatic rings. The van der Waals surface area contributed by atoms with Crippen molar-refractivity contribution in [3.05, 3.63) is 71.3 Å². The Kier molecular flexibility index (Phi) is 6.03. The normalized spacial score (nSPS) is 20.7. The van der Waals surface area contributed by atoms with Crippen molar-refractivity contribution >= 4 is 46.8 Å². The molecule has 2 aromatic rings. The molecule has 0 amide bonds. The highest BCUT2D eigenvalue weighted by atomic mass is 32.2. The SMILES string of the molecule is O=S(=O)(O)C1=CC=C(N=Nc2c(O)ccc3cc(S(=O)(=O)O)cc(S(=O)(=O)O)c23)C2C=CC=CC12. The van der Waals surface area contributed by atoms with Gasteiger partial charge in [-0.2, -0.15) is 30.4 Å². The van der Waals surface area contributed by atoms with Crippen molar-refractivity contribution in [3.63, 3.8) is 0 Å². The van der Waals surface area contributed by atoms with Crippen molar-refractivity contribution in [1.29, 1.82) is 0 Å². The molecular weight excluding hydrogens is 524 g/mol. The lowest BCUT2D eigenvalue weighted by Gasteiger charge is -2.27. The van der Waals surface area contributed by atoms with E-state index in [4.69, 9.17) is 0 Å². The third kappa shape index (κ3) is 4.82. The van der Waals surface area contributed by atoms with Crippen molar-refractivity contribution < 1.29 is 44.0 Å². The molecule has 4 rings (SSSR count). The van der Waals surface area contributed by atoms with Crippen molar-refractivity contribution in [1.82, 2.24) is 0 Å². The molecule has 0 spiro atoms. The Hall–Kier alpha value is -3.21. The molecule has 0 bridgehead atoms. The molecule has 0 saturated heterocycles. The lowest BCUT2D eigenvalue weighted by molar-refractivity contribution is 0.476. The average molecular weight is 541 g/mol. The van der Waals surface area contributed by atoms with Crippen LogP contribution in [-0.4, -0.2) is 44.0 Å². The number of hydrogen-bond acceptors (Lipinski definition) is 9. The Morgan fingerprint density at radius 2 is 1.40 bits per heavy atom. The highest BCUT2D eigenvalue weighted by Gasteiger charge is 2.34. The van der Waals surface area contributed by atoms with Crippen LogP contribution in [0.25, 0.3) is 10.8 Å². The van der Waals surface area contributed by atoms with Gasteiger partial charge in [-0.05, 0) is 35.7 Å². The maximum atomic E-state index is 12.0. The monoisotopic (exact) mass is 540 g/mol. The summed E-state index contributed by atoms with van der Waals surface area (Å²) in [5.41, 5.74) is -0.239. The van der Waals surface area contributed by atoms with Gasteiger partial charge in [0, 0.05) is 17.2 Å². The fourth-order valence-electron chi connectivity index (χ4n) is 3.84. The Labute approximate surface area is 199 Å². The molecule has 4 N–H and O–H groups in total. The third-order valence-corrected chi connectivity index (χ3v) is 8.08. The van der Waals surface area contributed by atoms with Crippen molar-refractivity contribution in [2.24, 2.45) is 22.1 Å². The smallest absolute Gasteiger partial charge is 0.295 e. The highest BCUT2D eigenvalue weighted by molar-refractivity contribution is 7.89. The molecule has 0 heterocycles. The van der Waals surface area contributed by atoms with Gasteiger partial charge >= 0.3 is 0 Å². The average Bonchev–Trinajstić information content (AvgIpc) is 2.75. The summed E-state index contributed by atoms with van der Waals surface area (Å²) < 4.78 is 99.2. The number of fused-ring (bicyclic) bond motifs is 2. The second kappa shape index (κ2) is 8.47. The summed E-state index contributed by atoms with van der Waals surface area (Å²) in [7, 11) is -14.4. The van der Waals surface area contributed by atoms with E-state index in [1.54, 1.807) is 18.2 Å². The van der Waals surface area contributed by atoms with Crippen molar-refractivity contribution in [2.75, 3.05) is 0 Å². The minimum atomic E-state index is -5.06. The quantitative estimate of drug-likeness (QED) is 0.321. The molecule has 0 saturated carbocycles. The lowest BCUT2D eigenvalue weighted by atomic mass is 9.83. The van der Waals surface area contributed by atoms with E-state index in [0.29, 0.717) is 6.07 Å². The van der Waals surface area contributed by atoms with Crippen LogP contribution in [0.2, 0.25) is 0 Å². The zero-order chi connectivity index (χ0) is 25.8. The van der Waals surface area contributed by atoms with Gasteiger partial charge in [0.25, 0.3) is 30.4 Å². The standard InChI is InChI=1S/C20H16N2O10S3/c23-16-7-5-11-9-12(33(24,25)26)10-18(35(30,31)32)19(11)20(16)22-21-15-6-8-17(34(27,28)29)14-4-2-1-3-13(14)15/h1-10,13-14,23H,(H,24,25,26)(H,27,28,29)(H,30,31,32). The molecule has 0 aliphatic heterocycles. The van der Waals surface area contributed by atoms with E-state index in [1.807, 2.05) is 0 Å². The van der Waals surface area contributed by atoms with Crippen LogP contribution in [0.1, 0.15) is 0 Å². The molecule has 2 unspecified atom stereocenters. The highest BCUT2D eigenvalue weighted by Crippen LogP contribution is 2.43. The first-order valence-corrected chi connectivity index (χ1v) is 13.9. The molecule has 2 aliphatic carbocycles. The molecule has 15 heteroatoms. The van der Waals surface area contributed by atoms with Gasteiger partial charge in [0.15, 0.2) is 0 Å². The van der Waals surface area contributed by atoms with Gasteiger partial charge in [0.2, 0.25) is 0 Å². The minimum absolute atomic E-state index is 0.107. The molecule has 0 fully saturated rings. The second-order valence-corrected chi connectivity index (χ2v) is 11.8. The Bertz CT molecular complexity index is 1730. The lowest BCUT2D eigenvalue weighted by Crippen LogP contribution is -2.23. The fraction of sp³-hybridized carbons (Fsp3) is 0.100. The Morgan fingerprint density at radius 3 is 2.00 bits per heavy atom. The fourth-order valence-corrected chi connectivity index (χ4v) is 6.02. The number of hydrogen-bond donors (Lipinski definition) is 4. The summed E-state index contributed by atoms with van der Waals surface area (Å²) in [6.07, 6.45) is 8.77. The number of allylic oxidation sites excluding steroid dienone is 7. The molecular formula is C20H16N2O10S3. The summed E-state index contributed by atoms with van der Waals surface area (Å²) in [5.74, 6) is -2.03. The molecule has 0 aromatic heterocycles. The zero-order valence-electron chi connectivity index (χ0n) is 17.3. The summed E-state index contributed by atoms with van der Waals surface area (Å²) >= 11 is 0. The summed E-state index contributed by atoms with van der Waals surface area (Å²) in [4.78, 5) is -2.02. The van der Waals surface area contributed by atoms with Crippen LogP contribution in [0, 0.1) is 11.8 Å². The molecule has 2 atom stereocenters. The van der Waals surface area contributed by atoms with Gasteiger partial charge in [0.05, 0.1) is 15.5 Å². The molecule has 12 nitrogen and oxygen atoms in total. The first kappa shape index (κ1) is 24.9. The van der Waals surface area contributed by atoms with Crippen LogP contribution in [0.5, 0.6) is 5.75 Å². The minimum Gasteiger partial charge on any atom is -0.506 e. The van der Waals surface area contributed by atoms with E-state index in [1.165, 1.54) is 12.2 Å². The van der Waals surface area contributed by atoms with Crippen LogP contribution in [0.3, 0.4) is 0 Å². The van der Waals surface area contributed by atoms with E-state index in [2.05, 4.69) is 10.2 Å². The van der Waals surface area contributed by atoms with Crippen LogP contribution < -0.4 is 0 Å². The maximum absolute atomic E-state index is 12.0. The van der Waals surface area contributed by atoms with E-state index >= 15 is 0 Å². The van der Waals surface area contributed by atoms with Gasteiger partial charge in [-0.25, -0.2) is 0 Å². The van der Waals surface area contributed by atoms with E-state index in [-0.39, 0.29) is 21.4 Å². The summed E-state index contributed by atoms with van der Waals surface area (Å²) in [6, 6.07) is 3.66. The summed E-state index contributed by atoms with van der Waals surface area (Å²) in [5, 5.41) is 17.9. The maximum Gasteiger partial charge on any atom is 0.295 e. The predicted molar refractivity (Wildman–Crippen MR) is 123 cm³/mol. The Morgan fingerprint density at radius 1 is 0.743 bits per heavy atom. The van der Waals surface area contributed by atoms with Crippen LogP contribution >= 0.6 is 0 Å². The van der Waals surface area contributed by atoms with Crippen LogP contribution in [0.15, 0.2) is 91.3 Å². The van der Waals surface area contributed by atoms with E-state index < -0.39 is 63.4 Å². The van der Waals surface area contributed by atoms with E-state index in [0.717, 1.165) is 24.3 Å². The first-order valence-electron chi connectivity index (χ1n) is 9.58. The molecule has 0 radical (unpaired) electrons. The number of azo groups is 1. The molecule has 184 valence electrons. The van der Waals surface area contributed by atoms with Gasteiger partial charge in [-0.1, -0.05) is 30.4 Å². The van der Waals surface area contributed by atoms with Gasteiger partial charge in [0.1, 0.15) is 16.3 Å². The first-order chi connectivity index (χ1) is 16.2. The van der Waals surface area contributed by atoms with Gasteiger partial charge < -0.3 is 5.11 Å². The van der Waals surface area contributed by atoms with Gasteiger partial charge in [-0.15, -0.1) is 5.11 Å². The molecule has 35 heavy (non-hydrogen) atoms. The number of phenolic OH excluding ortho intramolecular Hbond substituents is 1. The number of benzene rings is 2. The molecule has 2 aromatic carbocycles. The van der Waals surface area contributed by atoms with E-state index in [9.17, 15) is 44.0 Å². The topological polar surface area (TPSA) is 208 Å². The number of aromatic hydroxyl groups is 1. The number of rotatable bonds is 5. The van der Waals surface area contributed by atoms with Crippen LogP contribution in [-0.2, 0) is 30.4 Å². The van der Waals surface area contributed by atoms with Crippen LogP contribution in [0.4, 0.5) is 5.69 Å². The van der Waals surface area contributed by atoms with Crippen molar-refractivity contribution in [3.8, 4) is 5.75 Å². The van der Waals surface area contributed by atoms with Gasteiger partial charge in [-0.3, -0.25) is 13.7 Å². The summed E-state index contributed by atoms with van der Waals surface area (Å²) in [6.45, 7) is 0. The zero-order valence-corrected chi connectivity index (χ0v) is 19.7.